The highest BCUT2D eigenvalue weighted by atomic mass is 16.2. The third-order valence-corrected chi connectivity index (χ3v) is 5.61. The van der Waals surface area contributed by atoms with Crippen molar-refractivity contribution in [1.29, 1.82) is 0 Å². The van der Waals surface area contributed by atoms with Gasteiger partial charge in [-0.25, -0.2) is 9.97 Å². The van der Waals surface area contributed by atoms with Crippen molar-refractivity contribution in [2.45, 2.75) is 25.7 Å². The molecule has 0 aliphatic carbocycles. The number of hydrogen-bond acceptors (Lipinski definition) is 6. The Morgan fingerprint density at radius 3 is 2.57 bits per heavy atom. The van der Waals surface area contributed by atoms with E-state index in [1.165, 1.54) is 0 Å². The second kappa shape index (κ2) is 10.7. The van der Waals surface area contributed by atoms with E-state index in [-0.39, 0.29) is 17.7 Å². The number of piperazine rings is 1. The average molecular weight is 417 g/mol. The summed E-state index contributed by atoms with van der Waals surface area (Å²) < 4.78 is 0. The lowest BCUT2D eigenvalue weighted by molar-refractivity contribution is -0.131. The number of nitrogens with two attached hydrogens (primary N) is 1. The van der Waals surface area contributed by atoms with Gasteiger partial charge in [0, 0.05) is 78.1 Å². The molecule has 3 heterocycles. The third-order valence-electron chi connectivity index (χ3n) is 5.61. The molecule has 2 aliphatic heterocycles. The molecule has 0 saturated carbocycles. The van der Waals surface area contributed by atoms with Crippen LogP contribution in [-0.4, -0.2) is 90.4 Å². The summed E-state index contributed by atoms with van der Waals surface area (Å²) in [5.74, 6) is 1.64. The highest BCUT2D eigenvalue weighted by Crippen LogP contribution is 2.19. The Bertz CT molecular complexity index is 734. The molecule has 1 aromatic rings. The molecule has 2 fully saturated rings. The lowest BCUT2D eigenvalue weighted by Crippen LogP contribution is -2.50. The van der Waals surface area contributed by atoms with Crippen molar-refractivity contribution in [1.82, 2.24) is 25.1 Å². The van der Waals surface area contributed by atoms with Crippen LogP contribution in [0.5, 0.6) is 0 Å². The molecule has 2 amide bonds. The first-order valence-electron chi connectivity index (χ1n) is 10.6. The van der Waals surface area contributed by atoms with Crippen LogP contribution in [0.25, 0.3) is 0 Å². The van der Waals surface area contributed by atoms with Gasteiger partial charge in [0.1, 0.15) is 0 Å². The minimum Gasteiger partial charge on any atom is -0.370 e. The second-order valence-corrected chi connectivity index (χ2v) is 7.77. The van der Waals surface area contributed by atoms with Gasteiger partial charge in [-0.2, -0.15) is 0 Å². The summed E-state index contributed by atoms with van der Waals surface area (Å²) >= 11 is 0. The van der Waals surface area contributed by atoms with Gasteiger partial charge in [0.25, 0.3) is 0 Å². The van der Waals surface area contributed by atoms with Crippen molar-refractivity contribution < 1.29 is 9.59 Å². The number of amides is 2. The number of aromatic nitrogens is 2. The summed E-state index contributed by atoms with van der Waals surface area (Å²) in [5.41, 5.74) is 5.35. The lowest BCUT2D eigenvalue weighted by Gasteiger charge is -2.35. The molecule has 1 aromatic heterocycles. The quantitative estimate of drug-likeness (QED) is 0.482. The minimum absolute atomic E-state index is 0.136. The lowest BCUT2D eigenvalue weighted by atomic mass is 9.95. The van der Waals surface area contributed by atoms with Crippen LogP contribution in [0, 0.1) is 5.92 Å². The van der Waals surface area contributed by atoms with Crippen LogP contribution < -0.4 is 16.0 Å². The fourth-order valence-corrected chi connectivity index (χ4v) is 4.09. The Hall–Kier alpha value is -2.91. The zero-order chi connectivity index (χ0) is 21.3. The topological polar surface area (TPSA) is 120 Å². The molecule has 1 atom stereocenters. The molecule has 10 heteroatoms. The fourth-order valence-electron chi connectivity index (χ4n) is 4.09. The third kappa shape index (κ3) is 6.04. The zero-order valence-corrected chi connectivity index (χ0v) is 17.7. The van der Waals surface area contributed by atoms with Crippen LogP contribution >= 0.6 is 0 Å². The minimum atomic E-state index is -0.255. The van der Waals surface area contributed by atoms with E-state index in [0.717, 1.165) is 45.0 Å². The number of carbonyl (C=O) groups is 2. The number of nitrogens with one attached hydrogen (secondary N) is 1. The van der Waals surface area contributed by atoms with Crippen molar-refractivity contribution >= 4 is 23.7 Å². The van der Waals surface area contributed by atoms with Crippen LogP contribution in [0.2, 0.25) is 0 Å². The number of hydrogen-bond donors (Lipinski definition) is 2. The molecule has 3 N–H and O–H groups in total. The largest absolute Gasteiger partial charge is 0.370 e. The van der Waals surface area contributed by atoms with Crippen LogP contribution in [0.4, 0.5) is 5.95 Å². The monoisotopic (exact) mass is 416 g/mol. The van der Waals surface area contributed by atoms with Crippen molar-refractivity contribution in [3.8, 4) is 0 Å². The standard InChI is InChI=1S/C20H32N8O2/c1-22-19(28-9-2-4-16(15-28)14-17(21)29)25-8-5-18(30)26-10-12-27(13-11-26)20-23-6-3-7-24-20/h3,6-7,16H,2,4-5,8-15H2,1H3,(H2,21,29)(H,22,25). The molecule has 0 bridgehead atoms. The number of piperidine rings is 1. The van der Waals surface area contributed by atoms with E-state index in [9.17, 15) is 9.59 Å². The van der Waals surface area contributed by atoms with Gasteiger partial charge in [0.2, 0.25) is 17.8 Å². The summed E-state index contributed by atoms with van der Waals surface area (Å²) in [7, 11) is 1.74. The Morgan fingerprint density at radius 1 is 1.17 bits per heavy atom. The summed E-state index contributed by atoms with van der Waals surface area (Å²) in [6.45, 7) is 5.01. The van der Waals surface area contributed by atoms with E-state index < -0.39 is 0 Å². The van der Waals surface area contributed by atoms with Crippen molar-refractivity contribution in [3.05, 3.63) is 18.5 Å². The van der Waals surface area contributed by atoms with E-state index >= 15 is 0 Å². The molecule has 2 aliphatic rings. The normalized spacial score (nSPS) is 20.2. The number of anilines is 1. The van der Waals surface area contributed by atoms with Crippen molar-refractivity contribution in [2.24, 2.45) is 16.6 Å². The van der Waals surface area contributed by atoms with Gasteiger partial charge < -0.3 is 25.8 Å². The maximum Gasteiger partial charge on any atom is 0.225 e. The maximum atomic E-state index is 12.6. The number of primary amides is 1. The van der Waals surface area contributed by atoms with E-state index in [4.69, 9.17) is 5.73 Å². The van der Waals surface area contributed by atoms with Crippen LogP contribution in [0.15, 0.2) is 23.5 Å². The highest BCUT2D eigenvalue weighted by molar-refractivity contribution is 5.81. The van der Waals surface area contributed by atoms with Crippen LogP contribution in [-0.2, 0) is 9.59 Å². The number of guanidine groups is 1. The van der Waals surface area contributed by atoms with Gasteiger partial charge in [0.05, 0.1) is 0 Å². The van der Waals surface area contributed by atoms with Gasteiger partial charge in [-0.05, 0) is 24.8 Å². The molecular formula is C20H32N8O2. The summed E-state index contributed by atoms with van der Waals surface area (Å²) in [6, 6.07) is 1.80. The first kappa shape index (κ1) is 21.8. The van der Waals surface area contributed by atoms with E-state index in [0.29, 0.717) is 38.4 Å². The SMILES string of the molecule is CN=C(NCCC(=O)N1CCN(c2ncccn2)CC1)N1CCCC(CC(N)=O)C1. The first-order chi connectivity index (χ1) is 14.6. The van der Waals surface area contributed by atoms with E-state index in [2.05, 4.69) is 30.1 Å². The molecule has 0 spiro atoms. The first-order valence-corrected chi connectivity index (χ1v) is 10.6. The maximum absolute atomic E-state index is 12.6. The number of nitrogens with zero attached hydrogens (tertiary/aromatic N) is 6. The second-order valence-electron chi connectivity index (χ2n) is 7.77. The Kier molecular flexibility index (Phi) is 7.81. The van der Waals surface area contributed by atoms with Crippen LogP contribution in [0.3, 0.4) is 0 Å². The molecule has 3 rings (SSSR count). The van der Waals surface area contributed by atoms with Gasteiger partial charge in [-0.15, -0.1) is 0 Å². The van der Waals surface area contributed by atoms with E-state index in [1.54, 1.807) is 25.5 Å². The molecular weight excluding hydrogens is 384 g/mol. The molecule has 0 aromatic carbocycles. The molecule has 10 nitrogen and oxygen atoms in total. The predicted molar refractivity (Wildman–Crippen MR) is 115 cm³/mol. The number of rotatable bonds is 6. The Morgan fingerprint density at radius 2 is 1.90 bits per heavy atom. The molecule has 2 saturated heterocycles. The van der Waals surface area contributed by atoms with Crippen molar-refractivity contribution in [3.63, 3.8) is 0 Å². The fraction of sp³-hybridized carbons (Fsp3) is 0.650. The summed E-state index contributed by atoms with van der Waals surface area (Å²) in [6.07, 6.45) is 6.31. The summed E-state index contributed by atoms with van der Waals surface area (Å²) in [5, 5.41) is 3.30. The van der Waals surface area contributed by atoms with Crippen molar-refractivity contribution in [2.75, 3.05) is 57.8 Å². The van der Waals surface area contributed by atoms with Gasteiger partial charge in [-0.1, -0.05) is 0 Å². The highest BCUT2D eigenvalue weighted by Gasteiger charge is 2.25. The predicted octanol–water partition coefficient (Wildman–Crippen LogP) is -0.322. The number of carbonyl (C=O) groups excluding carboxylic acids is 2. The van der Waals surface area contributed by atoms with E-state index in [1.807, 2.05) is 4.90 Å². The van der Waals surface area contributed by atoms with Gasteiger partial charge in [0.15, 0.2) is 5.96 Å². The molecule has 164 valence electrons. The zero-order valence-electron chi connectivity index (χ0n) is 17.7. The molecule has 30 heavy (non-hydrogen) atoms. The average Bonchev–Trinajstić information content (AvgIpc) is 2.77. The Balaban J connectivity index is 1.40. The molecule has 0 radical (unpaired) electrons. The van der Waals surface area contributed by atoms with Gasteiger partial charge >= 0.3 is 0 Å². The molecule has 1 unspecified atom stereocenters. The smallest absolute Gasteiger partial charge is 0.225 e. The van der Waals surface area contributed by atoms with Gasteiger partial charge in [-0.3, -0.25) is 14.6 Å². The Labute approximate surface area is 177 Å². The summed E-state index contributed by atoms with van der Waals surface area (Å²) in [4.78, 5) is 42.9. The number of aliphatic imine (C=N–C) groups is 1. The van der Waals surface area contributed by atoms with Crippen LogP contribution in [0.1, 0.15) is 25.7 Å². The number of likely N-dealkylation sites (tertiary alicyclic amines) is 1.